The van der Waals surface area contributed by atoms with Crippen molar-refractivity contribution >= 4 is 12.4 Å². The second-order valence-electron chi connectivity index (χ2n) is 5.01. The normalized spacial score (nSPS) is 40.4. The summed E-state index contributed by atoms with van der Waals surface area (Å²) >= 11 is 0. The van der Waals surface area contributed by atoms with E-state index in [-0.39, 0.29) is 18.5 Å². The molecule has 90 valence electrons. The van der Waals surface area contributed by atoms with E-state index in [0.29, 0.717) is 12.0 Å². The summed E-state index contributed by atoms with van der Waals surface area (Å²) in [6.07, 6.45) is 3.86. The van der Waals surface area contributed by atoms with Crippen LogP contribution in [0.2, 0.25) is 0 Å². The Balaban J connectivity index is 0.00000112. The largest absolute Gasteiger partial charge is 0.391 e. The lowest BCUT2D eigenvalue weighted by atomic mass is 10.1. The Bertz CT molecular complexity index is 191. The minimum atomic E-state index is -0.138. The second-order valence-corrected chi connectivity index (χ2v) is 5.01. The summed E-state index contributed by atoms with van der Waals surface area (Å²) in [6, 6.07) is 0.706. The molecule has 0 radical (unpaired) electrons. The van der Waals surface area contributed by atoms with Crippen LogP contribution in [0, 0.1) is 11.8 Å². The topological polar surface area (TPSA) is 44.3 Å². The number of hydrogen-bond donors (Lipinski definition) is 3. The molecule has 1 aliphatic carbocycles. The Kier molecular flexibility index (Phi) is 5.33. The maximum atomic E-state index is 9.61. The quantitative estimate of drug-likeness (QED) is 0.676. The third-order valence-electron chi connectivity index (χ3n) is 3.67. The molecule has 0 aromatic rings. The highest BCUT2D eigenvalue weighted by Crippen LogP contribution is 2.24. The number of β-amino-alcohol motifs (C(OH)–C–C–N with tert-alkyl or cyclic N) is 1. The van der Waals surface area contributed by atoms with Crippen LogP contribution in [-0.4, -0.2) is 36.9 Å². The van der Waals surface area contributed by atoms with E-state index in [1.54, 1.807) is 0 Å². The highest BCUT2D eigenvalue weighted by molar-refractivity contribution is 5.85. The van der Waals surface area contributed by atoms with Crippen molar-refractivity contribution < 1.29 is 5.11 Å². The standard InChI is InChI=1S/C11H22N2O.ClH/c1-8-2-3-10(4-8)13-6-9-5-12-7-11(9)14;/h8-14H,2-7H2,1H3;1H. The maximum Gasteiger partial charge on any atom is 0.0716 e. The van der Waals surface area contributed by atoms with Crippen LogP contribution < -0.4 is 10.6 Å². The lowest BCUT2D eigenvalue weighted by Crippen LogP contribution is -2.35. The van der Waals surface area contributed by atoms with E-state index in [0.717, 1.165) is 25.6 Å². The monoisotopic (exact) mass is 234 g/mol. The summed E-state index contributed by atoms with van der Waals surface area (Å²) < 4.78 is 0. The smallest absolute Gasteiger partial charge is 0.0716 e. The number of rotatable bonds is 3. The second kappa shape index (κ2) is 6.04. The van der Waals surface area contributed by atoms with Gasteiger partial charge in [-0.25, -0.2) is 0 Å². The number of aliphatic hydroxyl groups is 1. The molecule has 2 aliphatic rings. The fraction of sp³-hybridized carbons (Fsp3) is 1.00. The van der Waals surface area contributed by atoms with Gasteiger partial charge in [-0.15, -0.1) is 12.4 Å². The van der Waals surface area contributed by atoms with Crippen LogP contribution in [0.5, 0.6) is 0 Å². The molecule has 2 fully saturated rings. The molecule has 4 unspecified atom stereocenters. The first-order valence-corrected chi connectivity index (χ1v) is 5.88. The number of aliphatic hydroxyl groups excluding tert-OH is 1. The molecule has 2 rings (SSSR count). The first kappa shape index (κ1) is 13.2. The van der Waals surface area contributed by atoms with Gasteiger partial charge in [0.2, 0.25) is 0 Å². The van der Waals surface area contributed by atoms with Crippen LogP contribution in [0.3, 0.4) is 0 Å². The Hall–Kier alpha value is 0.170. The molecule has 0 aromatic heterocycles. The van der Waals surface area contributed by atoms with E-state index in [2.05, 4.69) is 17.6 Å². The fourth-order valence-corrected chi connectivity index (χ4v) is 2.64. The molecular weight excluding hydrogens is 212 g/mol. The minimum Gasteiger partial charge on any atom is -0.391 e. The summed E-state index contributed by atoms with van der Waals surface area (Å²) in [5.74, 6) is 1.31. The molecule has 15 heavy (non-hydrogen) atoms. The number of hydrogen-bond acceptors (Lipinski definition) is 3. The summed E-state index contributed by atoms with van der Waals surface area (Å²) in [4.78, 5) is 0. The van der Waals surface area contributed by atoms with Crippen molar-refractivity contribution in [1.82, 2.24) is 10.6 Å². The van der Waals surface area contributed by atoms with Crippen LogP contribution >= 0.6 is 12.4 Å². The van der Waals surface area contributed by atoms with Crippen LogP contribution in [0.1, 0.15) is 26.2 Å². The van der Waals surface area contributed by atoms with E-state index in [1.165, 1.54) is 19.3 Å². The summed E-state index contributed by atoms with van der Waals surface area (Å²) in [6.45, 7) is 5.04. The first-order valence-electron chi connectivity index (χ1n) is 5.88. The van der Waals surface area contributed by atoms with Gasteiger partial charge in [0.05, 0.1) is 6.10 Å². The Morgan fingerprint density at radius 2 is 2.13 bits per heavy atom. The average molecular weight is 235 g/mol. The molecule has 3 nitrogen and oxygen atoms in total. The van der Waals surface area contributed by atoms with E-state index in [9.17, 15) is 5.11 Å². The van der Waals surface area contributed by atoms with Crippen LogP contribution in [0.25, 0.3) is 0 Å². The molecule has 0 bridgehead atoms. The van der Waals surface area contributed by atoms with Gasteiger partial charge in [0.25, 0.3) is 0 Å². The van der Waals surface area contributed by atoms with Gasteiger partial charge >= 0.3 is 0 Å². The molecule has 1 aliphatic heterocycles. The highest BCUT2D eigenvalue weighted by atomic mass is 35.5. The van der Waals surface area contributed by atoms with Gasteiger partial charge in [-0.1, -0.05) is 6.92 Å². The Labute approximate surface area is 98.4 Å². The summed E-state index contributed by atoms with van der Waals surface area (Å²) in [7, 11) is 0. The molecule has 1 saturated carbocycles. The zero-order chi connectivity index (χ0) is 9.97. The lowest BCUT2D eigenvalue weighted by Gasteiger charge is -2.18. The molecule has 1 saturated heterocycles. The summed E-state index contributed by atoms with van der Waals surface area (Å²) in [5.41, 5.74) is 0. The van der Waals surface area contributed by atoms with Gasteiger partial charge in [-0.3, -0.25) is 0 Å². The minimum absolute atomic E-state index is 0. The SMILES string of the molecule is CC1CCC(NCC2CNCC2O)C1.Cl. The Morgan fingerprint density at radius 3 is 2.67 bits per heavy atom. The molecular formula is C11H23ClN2O. The molecule has 1 heterocycles. The predicted molar refractivity (Wildman–Crippen MR) is 64.4 cm³/mol. The highest BCUT2D eigenvalue weighted by Gasteiger charge is 2.27. The average Bonchev–Trinajstić information content (AvgIpc) is 2.72. The molecule has 4 heteroatoms. The van der Waals surface area contributed by atoms with Gasteiger partial charge in [0.15, 0.2) is 0 Å². The third-order valence-corrected chi connectivity index (χ3v) is 3.67. The van der Waals surface area contributed by atoms with Crippen molar-refractivity contribution in [2.75, 3.05) is 19.6 Å². The summed E-state index contributed by atoms with van der Waals surface area (Å²) in [5, 5.41) is 16.4. The van der Waals surface area contributed by atoms with E-state index >= 15 is 0 Å². The zero-order valence-electron chi connectivity index (χ0n) is 9.41. The van der Waals surface area contributed by atoms with Crippen molar-refractivity contribution in [3.05, 3.63) is 0 Å². The van der Waals surface area contributed by atoms with Gasteiger partial charge in [0, 0.05) is 31.6 Å². The fourth-order valence-electron chi connectivity index (χ4n) is 2.64. The van der Waals surface area contributed by atoms with Gasteiger partial charge < -0.3 is 15.7 Å². The van der Waals surface area contributed by atoms with Crippen molar-refractivity contribution in [2.24, 2.45) is 11.8 Å². The van der Waals surface area contributed by atoms with E-state index in [4.69, 9.17) is 0 Å². The van der Waals surface area contributed by atoms with Crippen molar-refractivity contribution in [3.63, 3.8) is 0 Å². The predicted octanol–water partition coefficient (Wildman–Crippen LogP) is 0.767. The van der Waals surface area contributed by atoms with Crippen molar-refractivity contribution in [3.8, 4) is 0 Å². The molecule has 3 N–H and O–H groups in total. The van der Waals surface area contributed by atoms with Crippen LogP contribution in [0.15, 0.2) is 0 Å². The zero-order valence-corrected chi connectivity index (χ0v) is 10.2. The molecule has 0 amide bonds. The number of nitrogens with one attached hydrogen (secondary N) is 2. The third kappa shape index (κ3) is 3.59. The van der Waals surface area contributed by atoms with Gasteiger partial charge in [0.1, 0.15) is 0 Å². The van der Waals surface area contributed by atoms with Crippen molar-refractivity contribution in [2.45, 2.75) is 38.3 Å². The van der Waals surface area contributed by atoms with Gasteiger partial charge in [-0.05, 0) is 25.2 Å². The van der Waals surface area contributed by atoms with Crippen LogP contribution in [-0.2, 0) is 0 Å². The molecule has 0 aromatic carbocycles. The molecule has 4 atom stereocenters. The van der Waals surface area contributed by atoms with E-state index < -0.39 is 0 Å². The molecule has 0 spiro atoms. The van der Waals surface area contributed by atoms with Gasteiger partial charge in [-0.2, -0.15) is 0 Å². The van der Waals surface area contributed by atoms with Crippen molar-refractivity contribution in [1.29, 1.82) is 0 Å². The number of halogens is 1. The van der Waals surface area contributed by atoms with E-state index in [1.807, 2.05) is 0 Å². The first-order chi connectivity index (χ1) is 6.75. The Morgan fingerprint density at radius 1 is 1.33 bits per heavy atom. The van der Waals surface area contributed by atoms with Crippen LogP contribution in [0.4, 0.5) is 0 Å². The lowest BCUT2D eigenvalue weighted by molar-refractivity contribution is 0.144. The maximum absolute atomic E-state index is 9.61.